The standard InChI is InChI=1S/C11H10Cl2N4OS/c1-6-10(18)17(14)11(16-15-6)19-5-7-2-3-8(12)4-9(7)13/h2-4H,5,14H2,1H3. The van der Waals surface area contributed by atoms with Gasteiger partial charge >= 0.3 is 0 Å². The van der Waals surface area contributed by atoms with Gasteiger partial charge in [0, 0.05) is 15.8 Å². The second-order valence-electron chi connectivity index (χ2n) is 3.77. The third-order valence-electron chi connectivity index (χ3n) is 2.39. The first kappa shape index (κ1) is 14.2. The van der Waals surface area contributed by atoms with Gasteiger partial charge in [0.2, 0.25) is 5.16 Å². The van der Waals surface area contributed by atoms with Crippen molar-refractivity contribution >= 4 is 35.0 Å². The third kappa shape index (κ3) is 3.20. The molecule has 0 spiro atoms. The number of benzene rings is 1. The van der Waals surface area contributed by atoms with Gasteiger partial charge in [-0.25, -0.2) is 0 Å². The summed E-state index contributed by atoms with van der Waals surface area (Å²) in [5, 5.41) is 9.10. The summed E-state index contributed by atoms with van der Waals surface area (Å²) in [6, 6.07) is 5.23. The van der Waals surface area contributed by atoms with Gasteiger partial charge in [0.05, 0.1) is 0 Å². The summed E-state index contributed by atoms with van der Waals surface area (Å²) in [6.45, 7) is 1.56. The molecule has 8 heteroatoms. The first-order valence-electron chi connectivity index (χ1n) is 5.27. The topological polar surface area (TPSA) is 73.8 Å². The molecule has 0 atom stereocenters. The molecular weight excluding hydrogens is 307 g/mol. The van der Waals surface area contributed by atoms with Gasteiger partial charge in [-0.1, -0.05) is 41.0 Å². The summed E-state index contributed by atoms with van der Waals surface area (Å²) in [5.41, 5.74) is 0.780. The molecule has 0 fully saturated rings. The van der Waals surface area contributed by atoms with Crippen molar-refractivity contribution in [2.75, 3.05) is 5.84 Å². The van der Waals surface area contributed by atoms with Gasteiger partial charge in [0.15, 0.2) is 0 Å². The first-order valence-corrected chi connectivity index (χ1v) is 7.01. The van der Waals surface area contributed by atoms with Crippen molar-refractivity contribution in [3.63, 3.8) is 0 Å². The fourth-order valence-corrected chi connectivity index (χ4v) is 2.76. The maximum Gasteiger partial charge on any atom is 0.294 e. The van der Waals surface area contributed by atoms with Gasteiger partial charge in [-0.3, -0.25) is 4.79 Å². The number of aromatic nitrogens is 3. The Morgan fingerprint density at radius 2 is 2.11 bits per heavy atom. The van der Waals surface area contributed by atoms with E-state index < -0.39 is 0 Å². The number of hydrogen-bond donors (Lipinski definition) is 1. The van der Waals surface area contributed by atoms with Crippen LogP contribution in [0.3, 0.4) is 0 Å². The molecule has 0 amide bonds. The molecule has 0 saturated heterocycles. The van der Waals surface area contributed by atoms with E-state index in [4.69, 9.17) is 29.0 Å². The number of rotatable bonds is 3. The van der Waals surface area contributed by atoms with Crippen molar-refractivity contribution in [3.8, 4) is 0 Å². The third-order valence-corrected chi connectivity index (χ3v) is 3.97. The van der Waals surface area contributed by atoms with Crippen LogP contribution in [0.25, 0.3) is 0 Å². The summed E-state index contributed by atoms with van der Waals surface area (Å²) in [7, 11) is 0. The highest BCUT2D eigenvalue weighted by Gasteiger charge is 2.09. The smallest absolute Gasteiger partial charge is 0.294 e. The molecule has 1 heterocycles. The van der Waals surface area contributed by atoms with Crippen LogP contribution in [-0.4, -0.2) is 14.9 Å². The molecule has 2 rings (SSSR count). The Kier molecular flexibility index (Phi) is 4.34. The minimum atomic E-state index is -0.361. The van der Waals surface area contributed by atoms with Gasteiger partial charge in [-0.05, 0) is 24.6 Å². The van der Waals surface area contributed by atoms with Crippen molar-refractivity contribution < 1.29 is 0 Å². The summed E-state index contributed by atoms with van der Waals surface area (Å²) in [5.74, 6) is 6.15. The number of halogens is 2. The average molecular weight is 317 g/mol. The fourth-order valence-electron chi connectivity index (χ4n) is 1.35. The zero-order valence-electron chi connectivity index (χ0n) is 9.93. The van der Waals surface area contributed by atoms with E-state index in [-0.39, 0.29) is 11.3 Å². The van der Waals surface area contributed by atoms with E-state index in [0.29, 0.717) is 21.0 Å². The normalized spacial score (nSPS) is 10.7. The Morgan fingerprint density at radius 3 is 2.79 bits per heavy atom. The molecule has 2 aromatic rings. The largest absolute Gasteiger partial charge is 0.334 e. The first-order chi connectivity index (χ1) is 8.99. The molecule has 5 nitrogen and oxygen atoms in total. The van der Waals surface area contributed by atoms with E-state index in [1.165, 1.54) is 11.8 Å². The van der Waals surface area contributed by atoms with E-state index in [1.807, 2.05) is 6.07 Å². The van der Waals surface area contributed by atoms with E-state index in [9.17, 15) is 4.79 Å². The maximum atomic E-state index is 11.6. The van der Waals surface area contributed by atoms with E-state index in [0.717, 1.165) is 10.2 Å². The van der Waals surface area contributed by atoms with Crippen LogP contribution in [0.4, 0.5) is 0 Å². The van der Waals surface area contributed by atoms with Gasteiger partial charge < -0.3 is 5.84 Å². The molecule has 1 aromatic heterocycles. The molecule has 0 unspecified atom stereocenters. The highest BCUT2D eigenvalue weighted by molar-refractivity contribution is 7.98. The SMILES string of the molecule is Cc1nnc(SCc2ccc(Cl)cc2Cl)n(N)c1=O. The molecule has 0 radical (unpaired) electrons. The van der Waals surface area contributed by atoms with E-state index in [2.05, 4.69) is 10.2 Å². The lowest BCUT2D eigenvalue weighted by molar-refractivity contribution is 0.681. The van der Waals surface area contributed by atoms with Crippen LogP contribution in [0, 0.1) is 6.92 Å². The lowest BCUT2D eigenvalue weighted by Crippen LogP contribution is -2.32. The molecule has 0 aliphatic rings. The quantitative estimate of drug-likeness (QED) is 0.694. The van der Waals surface area contributed by atoms with Crippen molar-refractivity contribution in [3.05, 3.63) is 49.9 Å². The van der Waals surface area contributed by atoms with Crippen molar-refractivity contribution in [2.24, 2.45) is 0 Å². The minimum Gasteiger partial charge on any atom is -0.334 e. The Bertz CT molecular complexity index is 674. The highest BCUT2D eigenvalue weighted by Crippen LogP contribution is 2.26. The van der Waals surface area contributed by atoms with Crippen molar-refractivity contribution in [2.45, 2.75) is 17.8 Å². The molecule has 1 aromatic carbocycles. The van der Waals surface area contributed by atoms with Crippen LogP contribution < -0.4 is 11.4 Å². The number of nitrogens with zero attached hydrogens (tertiary/aromatic N) is 3. The number of hydrogen-bond acceptors (Lipinski definition) is 5. The molecule has 0 aliphatic heterocycles. The second kappa shape index (κ2) is 5.81. The van der Waals surface area contributed by atoms with Crippen LogP contribution in [-0.2, 0) is 5.75 Å². The summed E-state index contributed by atoms with van der Waals surface area (Å²) >= 11 is 13.2. The summed E-state index contributed by atoms with van der Waals surface area (Å²) in [6.07, 6.45) is 0. The maximum absolute atomic E-state index is 11.6. The number of nitrogen functional groups attached to an aromatic ring is 1. The van der Waals surface area contributed by atoms with E-state index in [1.54, 1.807) is 19.1 Å². The zero-order chi connectivity index (χ0) is 14.0. The predicted molar refractivity (Wildman–Crippen MR) is 77.2 cm³/mol. The Balaban J connectivity index is 2.19. The van der Waals surface area contributed by atoms with E-state index >= 15 is 0 Å². The Hall–Kier alpha value is -1.24. The van der Waals surface area contributed by atoms with Gasteiger partial charge in [0.25, 0.3) is 5.56 Å². The van der Waals surface area contributed by atoms with Crippen LogP contribution in [0.15, 0.2) is 28.2 Å². The van der Waals surface area contributed by atoms with Crippen molar-refractivity contribution in [1.82, 2.24) is 14.9 Å². The predicted octanol–water partition coefficient (Wildman–Crippen LogP) is 2.26. The Labute approximate surface area is 123 Å². The molecule has 2 N–H and O–H groups in total. The lowest BCUT2D eigenvalue weighted by atomic mass is 10.2. The number of aryl methyl sites for hydroxylation is 1. The molecule has 0 aliphatic carbocycles. The second-order valence-corrected chi connectivity index (χ2v) is 5.55. The minimum absolute atomic E-state index is 0.261. The zero-order valence-corrected chi connectivity index (χ0v) is 12.3. The molecule has 100 valence electrons. The summed E-state index contributed by atoms with van der Waals surface area (Å²) < 4.78 is 0.983. The Morgan fingerprint density at radius 1 is 1.37 bits per heavy atom. The lowest BCUT2D eigenvalue weighted by Gasteiger charge is -2.07. The van der Waals surface area contributed by atoms with Crippen LogP contribution in [0.1, 0.15) is 11.3 Å². The van der Waals surface area contributed by atoms with Crippen LogP contribution in [0.2, 0.25) is 10.0 Å². The monoisotopic (exact) mass is 316 g/mol. The number of nitrogens with two attached hydrogens (primary N) is 1. The summed E-state index contributed by atoms with van der Waals surface area (Å²) in [4.78, 5) is 11.6. The van der Waals surface area contributed by atoms with Crippen LogP contribution in [0.5, 0.6) is 0 Å². The van der Waals surface area contributed by atoms with Gasteiger partial charge in [-0.15, -0.1) is 10.2 Å². The molecule has 0 saturated carbocycles. The molecule has 19 heavy (non-hydrogen) atoms. The van der Waals surface area contributed by atoms with Crippen molar-refractivity contribution in [1.29, 1.82) is 0 Å². The van der Waals surface area contributed by atoms with Gasteiger partial charge in [0.1, 0.15) is 5.69 Å². The molecular formula is C11H10Cl2N4OS. The average Bonchev–Trinajstić information content (AvgIpc) is 2.37. The fraction of sp³-hybridized carbons (Fsp3) is 0.182. The highest BCUT2D eigenvalue weighted by atomic mass is 35.5. The van der Waals surface area contributed by atoms with Gasteiger partial charge in [-0.2, -0.15) is 4.68 Å². The van der Waals surface area contributed by atoms with Crippen LogP contribution >= 0.6 is 35.0 Å². The number of thioether (sulfide) groups is 1. The molecule has 0 bridgehead atoms.